The highest BCUT2D eigenvalue weighted by molar-refractivity contribution is 6.36. The van der Waals surface area contributed by atoms with E-state index in [1.807, 2.05) is 54.6 Å². The molecule has 1 aromatic heterocycles. The minimum absolute atomic E-state index is 0.0957. The van der Waals surface area contributed by atoms with Crippen molar-refractivity contribution in [1.82, 2.24) is 4.57 Å². The van der Waals surface area contributed by atoms with Gasteiger partial charge in [0.15, 0.2) is 0 Å². The molecule has 1 aliphatic rings. The summed E-state index contributed by atoms with van der Waals surface area (Å²) in [6.07, 6.45) is 1.23. The summed E-state index contributed by atoms with van der Waals surface area (Å²) in [4.78, 5) is 39.9. The van der Waals surface area contributed by atoms with Gasteiger partial charge in [0.05, 0.1) is 16.7 Å². The van der Waals surface area contributed by atoms with Crippen LogP contribution in [0.5, 0.6) is 0 Å². The maximum Gasteiger partial charge on any atom is 0.303 e. The number of aliphatic carboxylic acids is 1. The Bertz CT molecular complexity index is 2330. The number of imide groups is 1. The normalized spacial score (nSPS) is 12.8. The Morgan fingerprint density at radius 1 is 0.587 bits per heavy atom. The van der Waals surface area contributed by atoms with Gasteiger partial charge in [-0.25, -0.2) is 4.90 Å². The fourth-order valence-corrected chi connectivity index (χ4v) is 6.83. The Morgan fingerprint density at radius 3 is 2.04 bits per heavy atom. The van der Waals surface area contributed by atoms with Crippen molar-refractivity contribution < 1.29 is 19.5 Å². The number of benzene rings is 6. The summed E-state index contributed by atoms with van der Waals surface area (Å²) in [5, 5.41) is 12.7. The van der Waals surface area contributed by atoms with Crippen LogP contribution in [0.3, 0.4) is 0 Å². The topological polar surface area (TPSA) is 79.6 Å². The number of carbonyl (C=O) groups excluding carboxylic acids is 2. The molecular weight excluding hydrogens is 572 g/mol. The highest BCUT2D eigenvalue weighted by Gasteiger charge is 2.34. The molecule has 1 aliphatic heterocycles. The number of aromatic nitrogens is 1. The number of nitrogens with zero attached hydrogens (tertiary/aromatic N) is 2. The monoisotopic (exact) mass is 600 g/mol. The van der Waals surface area contributed by atoms with Crippen LogP contribution < -0.4 is 4.90 Å². The van der Waals surface area contributed by atoms with Crippen LogP contribution in [-0.4, -0.2) is 27.5 Å². The molecule has 0 atom stereocenters. The van der Waals surface area contributed by atoms with E-state index in [1.54, 1.807) is 18.2 Å². The summed E-state index contributed by atoms with van der Waals surface area (Å²) in [5.74, 6) is -1.55. The maximum absolute atomic E-state index is 13.9. The van der Waals surface area contributed by atoms with E-state index in [9.17, 15) is 14.4 Å². The number of para-hydroxylation sites is 2. The minimum Gasteiger partial charge on any atom is -0.481 e. The Morgan fingerprint density at radius 2 is 1.26 bits per heavy atom. The summed E-state index contributed by atoms with van der Waals surface area (Å²) in [5.41, 5.74) is 7.71. The van der Waals surface area contributed by atoms with Crippen molar-refractivity contribution in [3.05, 3.63) is 144 Å². The second-order valence-corrected chi connectivity index (χ2v) is 11.7. The SMILES string of the molecule is O=C(O)CCCc1ccc(N2C(=O)c3cccc4c(-c5ccc6c(c5)c5ccccc5n6-c5ccccc5)ccc(c34)C2=O)cc1. The molecule has 0 saturated carbocycles. The first-order chi connectivity index (χ1) is 22.5. The molecule has 0 radical (unpaired) electrons. The summed E-state index contributed by atoms with van der Waals surface area (Å²) >= 11 is 0. The molecule has 0 saturated heterocycles. The fraction of sp³-hybridized carbons (Fsp3) is 0.0750. The lowest BCUT2D eigenvalue weighted by Gasteiger charge is -2.28. The standard InChI is InChI=1S/C40H28N2O4/c43-37(44)15-6-8-25-16-19-28(20-17-25)42-39(45)32-13-7-12-31-29(21-22-33(38(31)32)40(42)46)26-18-23-36-34(24-26)30-11-4-5-14-35(30)41(36)27-9-2-1-3-10-27/h1-5,7,9-14,16-24H,6,8,15H2,(H,43,44). The number of rotatable bonds is 7. The van der Waals surface area contributed by atoms with Crippen molar-refractivity contribution in [2.24, 2.45) is 0 Å². The number of carboxylic acids is 1. The zero-order valence-corrected chi connectivity index (χ0v) is 24.8. The molecule has 2 heterocycles. The number of carbonyl (C=O) groups is 3. The van der Waals surface area contributed by atoms with Crippen LogP contribution >= 0.6 is 0 Å². The van der Waals surface area contributed by atoms with Crippen LogP contribution in [-0.2, 0) is 11.2 Å². The Kier molecular flexibility index (Phi) is 6.50. The average Bonchev–Trinajstić information content (AvgIpc) is 3.41. The van der Waals surface area contributed by atoms with Crippen LogP contribution in [0.1, 0.15) is 39.1 Å². The van der Waals surface area contributed by atoms with Crippen LogP contribution in [0.25, 0.3) is 49.4 Å². The first kappa shape index (κ1) is 27.5. The summed E-state index contributed by atoms with van der Waals surface area (Å²) in [7, 11) is 0. The zero-order chi connectivity index (χ0) is 31.4. The van der Waals surface area contributed by atoms with Crippen LogP contribution in [0, 0.1) is 0 Å². The molecule has 46 heavy (non-hydrogen) atoms. The number of hydrogen-bond donors (Lipinski definition) is 1. The highest BCUT2D eigenvalue weighted by atomic mass is 16.4. The molecule has 7 aromatic rings. The molecule has 222 valence electrons. The average molecular weight is 601 g/mol. The van der Waals surface area contributed by atoms with Crippen molar-refractivity contribution in [3.63, 3.8) is 0 Å². The largest absolute Gasteiger partial charge is 0.481 e. The van der Waals surface area contributed by atoms with Gasteiger partial charge in [0.25, 0.3) is 11.8 Å². The Hall–Kier alpha value is -6.01. The molecule has 6 heteroatoms. The van der Waals surface area contributed by atoms with E-state index < -0.39 is 5.97 Å². The van der Waals surface area contributed by atoms with Gasteiger partial charge in [0.2, 0.25) is 0 Å². The number of fused-ring (bicyclic) bond motifs is 3. The maximum atomic E-state index is 13.9. The molecule has 6 aromatic carbocycles. The predicted molar refractivity (Wildman–Crippen MR) is 182 cm³/mol. The van der Waals surface area contributed by atoms with Gasteiger partial charge in [-0.1, -0.05) is 72.8 Å². The van der Waals surface area contributed by atoms with E-state index >= 15 is 0 Å². The van der Waals surface area contributed by atoms with Gasteiger partial charge in [-0.3, -0.25) is 14.4 Å². The number of carboxylic acid groups (broad SMARTS) is 1. The minimum atomic E-state index is -0.826. The highest BCUT2D eigenvalue weighted by Crippen LogP contribution is 2.40. The second kappa shape index (κ2) is 10.9. The molecule has 0 unspecified atom stereocenters. The third kappa shape index (κ3) is 4.38. The van der Waals surface area contributed by atoms with E-state index in [4.69, 9.17) is 5.11 Å². The number of amides is 2. The lowest BCUT2D eigenvalue weighted by molar-refractivity contribution is -0.137. The van der Waals surface area contributed by atoms with Gasteiger partial charge in [0.1, 0.15) is 0 Å². The van der Waals surface area contributed by atoms with Gasteiger partial charge < -0.3 is 9.67 Å². The molecule has 0 aliphatic carbocycles. The predicted octanol–water partition coefficient (Wildman–Crippen LogP) is 8.81. The van der Waals surface area contributed by atoms with Crippen LogP contribution in [0.15, 0.2) is 127 Å². The summed E-state index contributed by atoms with van der Waals surface area (Å²) in [6.45, 7) is 0. The fourth-order valence-electron chi connectivity index (χ4n) is 6.83. The summed E-state index contributed by atoms with van der Waals surface area (Å²) < 4.78 is 2.28. The van der Waals surface area contributed by atoms with Crippen molar-refractivity contribution in [3.8, 4) is 16.8 Å². The first-order valence-corrected chi connectivity index (χ1v) is 15.3. The third-order valence-corrected chi connectivity index (χ3v) is 8.96. The first-order valence-electron chi connectivity index (χ1n) is 15.3. The number of hydrogen-bond acceptors (Lipinski definition) is 3. The Balaban J connectivity index is 1.21. The van der Waals surface area contributed by atoms with Gasteiger partial charge in [0, 0.05) is 39.4 Å². The van der Waals surface area contributed by atoms with Gasteiger partial charge in [-0.2, -0.15) is 0 Å². The van der Waals surface area contributed by atoms with Gasteiger partial charge >= 0.3 is 5.97 Å². The molecule has 6 nitrogen and oxygen atoms in total. The summed E-state index contributed by atoms with van der Waals surface area (Å²) in [6, 6.07) is 41.9. The lowest BCUT2D eigenvalue weighted by atomic mass is 9.88. The molecule has 2 amide bonds. The van der Waals surface area contributed by atoms with Crippen LogP contribution in [0.2, 0.25) is 0 Å². The zero-order valence-electron chi connectivity index (χ0n) is 24.8. The molecular formula is C40H28N2O4. The van der Waals surface area contributed by atoms with Crippen LogP contribution in [0.4, 0.5) is 5.69 Å². The molecule has 0 spiro atoms. The molecule has 0 fully saturated rings. The van der Waals surface area contributed by atoms with Crippen molar-refractivity contribution in [2.45, 2.75) is 19.3 Å². The van der Waals surface area contributed by atoms with Crippen molar-refractivity contribution in [1.29, 1.82) is 0 Å². The Labute approximate surface area is 264 Å². The van der Waals surface area contributed by atoms with Gasteiger partial charge in [-0.15, -0.1) is 0 Å². The van der Waals surface area contributed by atoms with E-state index in [0.717, 1.165) is 49.6 Å². The second-order valence-electron chi connectivity index (χ2n) is 11.7. The molecule has 1 N–H and O–H groups in total. The van der Waals surface area contributed by atoms with Crippen molar-refractivity contribution >= 4 is 56.0 Å². The quantitative estimate of drug-likeness (QED) is 0.186. The van der Waals surface area contributed by atoms with Gasteiger partial charge in [-0.05, 0) is 89.5 Å². The molecule has 8 rings (SSSR count). The third-order valence-electron chi connectivity index (χ3n) is 8.96. The smallest absolute Gasteiger partial charge is 0.303 e. The number of anilines is 1. The van der Waals surface area contributed by atoms with E-state index in [1.165, 1.54) is 4.90 Å². The van der Waals surface area contributed by atoms with E-state index in [0.29, 0.717) is 35.0 Å². The van der Waals surface area contributed by atoms with E-state index in [2.05, 4.69) is 59.2 Å². The molecule has 0 bridgehead atoms. The van der Waals surface area contributed by atoms with E-state index in [-0.39, 0.29) is 18.2 Å². The lowest BCUT2D eigenvalue weighted by Crippen LogP contribution is -2.40. The van der Waals surface area contributed by atoms with Crippen molar-refractivity contribution in [2.75, 3.05) is 4.90 Å². The number of aryl methyl sites for hydroxylation is 1.